The molecule has 1 atom stereocenters. The van der Waals surface area contributed by atoms with Gasteiger partial charge in [-0.1, -0.05) is 18.5 Å². The van der Waals surface area contributed by atoms with E-state index in [-0.39, 0.29) is 5.91 Å². The maximum atomic E-state index is 12.7. The van der Waals surface area contributed by atoms with E-state index in [2.05, 4.69) is 27.7 Å². The van der Waals surface area contributed by atoms with E-state index in [4.69, 9.17) is 8.94 Å². The van der Waals surface area contributed by atoms with Crippen molar-refractivity contribution in [3.63, 3.8) is 0 Å². The summed E-state index contributed by atoms with van der Waals surface area (Å²) in [6.45, 7) is 4.58. The Morgan fingerprint density at radius 1 is 1.27 bits per heavy atom. The lowest BCUT2D eigenvalue weighted by molar-refractivity contribution is 0.0937. The second-order valence-electron chi connectivity index (χ2n) is 8.18. The Labute approximate surface area is 180 Å². The number of aryl methyl sites for hydroxylation is 1. The van der Waals surface area contributed by atoms with Crippen molar-refractivity contribution in [3.05, 3.63) is 51.2 Å². The normalized spacial score (nSPS) is 18.8. The SMILES string of the molecule is CC[C@H]1CCCCN1Cc1ccc(CNC(=O)c2noc3c2CCc2sccc2-3)o1. The molecule has 7 heteroatoms. The van der Waals surface area contributed by atoms with Gasteiger partial charge in [-0.2, -0.15) is 0 Å². The van der Waals surface area contributed by atoms with E-state index in [1.54, 1.807) is 11.3 Å². The molecule has 6 nitrogen and oxygen atoms in total. The van der Waals surface area contributed by atoms with Crippen LogP contribution in [0.1, 0.15) is 65.1 Å². The van der Waals surface area contributed by atoms with Gasteiger partial charge >= 0.3 is 0 Å². The zero-order chi connectivity index (χ0) is 20.5. The van der Waals surface area contributed by atoms with Crippen LogP contribution in [0.2, 0.25) is 0 Å². The minimum Gasteiger partial charge on any atom is -0.463 e. The predicted molar refractivity (Wildman–Crippen MR) is 115 cm³/mol. The summed E-state index contributed by atoms with van der Waals surface area (Å²) >= 11 is 1.73. The van der Waals surface area contributed by atoms with Gasteiger partial charge in [0.1, 0.15) is 11.5 Å². The van der Waals surface area contributed by atoms with E-state index >= 15 is 0 Å². The first-order valence-electron chi connectivity index (χ1n) is 10.9. The molecule has 1 amide bonds. The van der Waals surface area contributed by atoms with Crippen molar-refractivity contribution in [3.8, 4) is 11.3 Å². The molecule has 0 spiro atoms. The first-order valence-corrected chi connectivity index (χ1v) is 11.8. The third kappa shape index (κ3) is 3.72. The van der Waals surface area contributed by atoms with Crippen molar-refractivity contribution in [2.75, 3.05) is 6.54 Å². The summed E-state index contributed by atoms with van der Waals surface area (Å²) in [6, 6.07) is 6.67. The van der Waals surface area contributed by atoms with Gasteiger partial charge in [-0.05, 0) is 62.2 Å². The van der Waals surface area contributed by atoms with Gasteiger partial charge in [0, 0.05) is 22.0 Å². The highest BCUT2D eigenvalue weighted by atomic mass is 32.1. The molecule has 1 aliphatic heterocycles. The quantitative estimate of drug-likeness (QED) is 0.615. The van der Waals surface area contributed by atoms with Gasteiger partial charge in [-0.25, -0.2) is 0 Å². The van der Waals surface area contributed by atoms with Crippen molar-refractivity contribution in [2.45, 2.75) is 64.6 Å². The first-order chi connectivity index (χ1) is 14.7. The molecule has 0 bridgehead atoms. The highest BCUT2D eigenvalue weighted by Crippen LogP contribution is 2.38. The van der Waals surface area contributed by atoms with E-state index in [0.717, 1.165) is 54.3 Å². The number of rotatable bonds is 6. The van der Waals surface area contributed by atoms with Gasteiger partial charge in [0.15, 0.2) is 11.5 Å². The first kappa shape index (κ1) is 19.6. The number of hydrogen-bond acceptors (Lipinski definition) is 6. The zero-order valence-electron chi connectivity index (χ0n) is 17.3. The van der Waals surface area contributed by atoms with Crippen LogP contribution in [0, 0.1) is 0 Å². The van der Waals surface area contributed by atoms with E-state index in [0.29, 0.717) is 18.3 Å². The van der Waals surface area contributed by atoms with Gasteiger partial charge in [-0.3, -0.25) is 9.69 Å². The molecule has 1 aliphatic carbocycles. The number of aromatic nitrogens is 1. The molecule has 4 heterocycles. The molecule has 2 aliphatic rings. The Balaban J connectivity index is 1.21. The largest absolute Gasteiger partial charge is 0.463 e. The molecule has 1 N–H and O–H groups in total. The molecule has 5 rings (SSSR count). The molecule has 0 saturated carbocycles. The molecule has 30 heavy (non-hydrogen) atoms. The van der Waals surface area contributed by atoms with Gasteiger partial charge in [-0.15, -0.1) is 11.3 Å². The van der Waals surface area contributed by atoms with E-state index in [1.807, 2.05) is 18.2 Å². The van der Waals surface area contributed by atoms with Crippen molar-refractivity contribution in [1.29, 1.82) is 0 Å². The smallest absolute Gasteiger partial charge is 0.274 e. The minimum absolute atomic E-state index is 0.210. The third-order valence-electron chi connectivity index (χ3n) is 6.32. The van der Waals surface area contributed by atoms with Gasteiger partial charge < -0.3 is 14.3 Å². The second-order valence-corrected chi connectivity index (χ2v) is 9.18. The number of thiophene rings is 1. The van der Waals surface area contributed by atoms with E-state index in [9.17, 15) is 4.79 Å². The Morgan fingerprint density at radius 2 is 2.17 bits per heavy atom. The fraction of sp³-hybridized carbons (Fsp3) is 0.478. The molecular weight excluding hydrogens is 398 g/mol. The lowest BCUT2D eigenvalue weighted by Gasteiger charge is -2.34. The maximum absolute atomic E-state index is 12.7. The van der Waals surface area contributed by atoms with Crippen LogP contribution in [0.15, 0.2) is 32.5 Å². The third-order valence-corrected chi connectivity index (χ3v) is 7.30. The van der Waals surface area contributed by atoms with Crippen LogP contribution in [0.25, 0.3) is 11.3 Å². The molecule has 1 fully saturated rings. The second kappa shape index (κ2) is 8.40. The molecule has 0 unspecified atom stereocenters. The Morgan fingerprint density at radius 3 is 3.07 bits per heavy atom. The number of amides is 1. The highest BCUT2D eigenvalue weighted by molar-refractivity contribution is 7.10. The summed E-state index contributed by atoms with van der Waals surface area (Å²) in [5.41, 5.74) is 2.38. The zero-order valence-corrected chi connectivity index (χ0v) is 18.1. The lowest BCUT2D eigenvalue weighted by atomic mass is 9.95. The Kier molecular flexibility index (Phi) is 5.48. The fourth-order valence-electron chi connectivity index (χ4n) is 4.69. The standard InChI is InChI=1S/C23H27N3O3S/c1-2-15-5-3-4-11-26(15)14-17-7-6-16(28-17)13-24-23(27)21-19-8-9-20-18(10-12-30-20)22(19)29-25-21/h6-7,10,12,15H,2-5,8-9,11,13-14H2,1H3,(H,24,27)/t15-/m0/s1. The summed E-state index contributed by atoms with van der Waals surface area (Å²) in [7, 11) is 0. The van der Waals surface area contributed by atoms with Crippen LogP contribution >= 0.6 is 11.3 Å². The van der Waals surface area contributed by atoms with Crippen molar-refractivity contribution in [2.24, 2.45) is 0 Å². The molecule has 0 aromatic carbocycles. The molecular formula is C23H27N3O3S. The fourth-order valence-corrected chi connectivity index (χ4v) is 5.57. The number of carbonyl (C=O) groups excluding carboxylic acids is 1. The summed E-state index contributed by atoms with van der Waals surface area (Å²) in [5, 5.41) is 9.07. The summed E-state index contributed by atoms with van der Waals surface area (Å²) in [4.78, 5) is 16.5. The van der Waals surface area contributed by atoms with Crippen molar-refractivity contribution >= 4 is 17.2 Å². The Bertz CT molecular complexity index is 1030. The number of nitrogens with one attached hydrogen (secondary N) is 1. The number of likely N-dealkylation sites (tertiary alicyclic amines) is 1. The van der Waals surface area contributed by atoms with E-state index in [1.165, 1.54) is 30.6 Å². The number of carbonyl (C=O) groups is 1. The highest BCUT2D eigenvalue weighted by Gasteiger charge is 2.28. The average molecular weight is 426 g/mol. The van der Waals surface area contributed by atoms with Crippen molar-refractivity contribution in [1.82, 2.24) is 15.4 Å². The molecule has 3 aromatic rings. The number of furan rings is 1. The summed E-state index contributed by atoms with van der Waals surface area (Å²) in [6.07, 6.45) is 6.75. The predicted octanol–water partition coefficient (Wildman–Crippen LogP) is 4.79. The number of nitrogens with zero attached hydrogens (tertiary/aromatic N) is 2. The maximum Gasteiger partial charge on any atom is 0.274 e. The number of piperidine rings is 1. The molecule has 0 radical (unpaired) electrons. The van der Waals surface area contributed by atoms with Gasteiger partial charge in [0.2, 0.25) is 0 Å². The Hall–Kier alpha value is -2.38. The summed E-state index contributed by atoms with van der Waals surface area (Å²) < 4.78 is 11.5. The monoisotopic (exact) mass is 425 g/mol. The number of fused-ring (bicyclic) bond motifs is 3. The molecule has 1 saturated heterocycles. The van der Waals surface area contributed by atoms with Crippen LogP contribution in [-0.2, 0) is 25.9 Å². The van der Waals surface area contributed by atoms with Crippen LogP contribution in [0.3, 0.4) is 0 Å². The van der Waals surface area contributed by atoms with Gasteiger partial charge in [0.25, 0.3) is 5.91 Å². The summed E-state index contributed by atoms with van der Waals surface area (Å²) in [5.74, 6) is 2.26. The van der Waals surface area contributed by atoms with E-state index < -0.39 is 0 Å². The van der Waals surface area contributed by atoms with Crippen LogP contribution in [-0.4, -0.2) is 28.6 Å². The number of hydrogen-bond donors (Lipinski definition) is 1. The van der Waals surface area contributed by atoms with Gasteiger partial charge in [0.05, 0.1) is 13.1 Å². The van der Waals surface area contributed by atoms with Crippen LogP contribution in [0.4, 0.5) is 0 Å². The van der Waals surface area contributed by atoms with Crippen LogP contribution < -0.4 is 5.32 Å². The van der Waals surface area contributed by atoms with Crippen molar-refractivity contribution < 1.29 is 13.7 Å². The molecule has 158 valence electrons. The van der Waals surface area contributed by atoms with Crippen LogP contribution in [0.5, 0.6) is 0 Å². The molecule has 3 aromatic heterocycles. The topological polar surface area (TPSA) is 71.5 Å². The minimum atomic E-state index is -0.210. The average Bonchev–Trinajstić information content (AvgIpc) is 3.50. The lowest BCUT2D eigenvalue weighted by Crippen LogP contribution is -2.38.